The molecule has 0 aromatic carbocycles. The molecule has 1 N–H and O–H groups in total. The monoisotopic (exact) mass is 372 g/mol. The van der Waals surface area contributed by atoms with Gasteiger partial charge < -0.3 is 10.2 Å². The smallest absolute Gasteiger partial charge is 0.226 e. The minimum absolute atomic E-state index is 0.0494. The molecule has 2 aromatic rings. The summed E-state index contributed by atoms with van der Waals surface area (Å²) in [5.74, 6) is 0.0494. The quantitative estimate of drug-likeness (QED) is 0.720. The summed E-state index contributed by atoms with van der Waals surface area (Å²) in [6.45, 7) is 1.78. The molecule has 0 spiro atoms. The molecule has 0 radical (unpaired) electrons. The second kappa shape index (κ2) is 9.78. The van der Waals surface area contributed by atoms with Crippen molar-refractivity contribution in [2.75, 3.05) is 20.1 Å². The summed E-state index contributed by atoms with van der Waals surface area (Å²) in [4.78, 5) is 23.3. The largest absolute Gasteiger partial charge is 0.356 e. The number of aromatic nitrogens is 2. The molecule has 1 aliphatic rings. The van der Waals surface area contributed by atoms with E-state index in [1.807, 2.05) is 17.5 Å². The zero-order valence-electron chi connectivity index (χ0n) is 15.5. The van der Waals surface area contributed by atoms with Crippen LogP contribution in [0.15, 0.2) is 29.9 Å². The summed E-state index contributed by atoms with van der Waals surface area (Å²) in [5.41, 5.74) is 1.82. The van der Waals surface area contributed by atoms with Crippen LogP contribution >= 0.6 is 11.3 Å². The maximum Gasteiger partial charge on any atom is 0.226 e. The van der Waals surface area contributed by atoms with Gasteiger partial charge in [0, 0.05) is 35.9 Å². The van der Waals surface area contributed by atoms with Gasteiger partial charge in [0.25, 0.3) is 0 Å². The van der Waals surface area contributed by atoms with Crippen LogP contribution in [-0.2, 0) is 11.2 Å². The molecule has 1 saturated carbocycles. The van der Waals surface area contributed by atoms with Crippen molar-refractivity contribution in [3.05, 3.63) is 35.6 Å². The lowest BCUT2D eigenvalue weighted by molar-refractivity contribution is -0.120. The fourth-order valence-electron chi connectivity index (χ4n) is 3.50. The number of amides is 1. The minimum atomic E-state index is 0.0494. The van der Waals surface area contributed by atoms with Gasteiger partial charge in [0.05, 0.1) is 12.1 Å². The van der Waals surface area contributed by atoms with Crippen molar-refractivity contribution in [2.45, 2.75) is 51.0 Å². The predicted molar refractivity (Wildman–Crippen MR) is 106 cm³/mol. The lowest BCUT2D eigenvalue weighted by atomic mass is 9.94. The van der Waals surface area contributed by atoms with Crippen LogP contribution in [0.4, 0.5) is 0 Å². The third kappa shape index (κ3) is 5.61. The van der Waals surface area contributed by atoms with Crippen molar-refractivity contribution in [1.82, 2.24) is 20.2 Å². The highest BCUT2D eigenvalue weighted by atomic mass is 32.1. The van der Waals surface area contributed by atoms with Gasteiger partial charge in [0.15, 0.2) is 0 Å². The Morgan fingerprint density at radius 1 is 1.35 bits per heavy atom. The Kier molecular flexibility index (Phi) is 7.14. The van der Waals surface area contributed by atoms with Gasteiger partial charge in [0.2, 0.25) is 5.91 Å². The van der Waals surface area contributed by atoms with E-state index in [9.17, 15) is 4.79 Å². The fourth-order valence-corrected chi connectivity index (χ4v) is 4.31. The fraction of sp³-hybridized carbons (Fsp3) is 0.550. The highest BCUT2D eigenvalue weighted by molar-refractivity contribution is 7.13. The van der Waals surface area contributed by atoms with Crippen LogP contribution in [0.2, 0.25) is 0 Å². The Morgan fingerprint density at radius 2 is 2.19 bits per heavy atom. The number of hydrogen-bond donors (Lipinski definition) is 1. The maximum absolute atomic E-state index is 12.1. The molecule has 0 atom stereocenters. The number of nitrogens with one attached hydrogen (secondary N) is 1. The van der Waals surface area contributed by atoms with Crippen LogP contribution in [0.3, 0.4) is 0 Å². The van der Waals surface area contributed by atoms with Crippen LogP contribution in [-0.4, -0.2) is 47.0 Å². The van der Waals surface area contributed by atoms with Gasteiger partial charge in [-0.2, -0.15) is 0 Å². The summed E-state index contributed by atoms with van der Waals surface area (Å²) in [6.07, 6.45) is 11.6. The number of thiazole rings is 1. The van der Waals surface area contributed by atoms with Gasteiger partial charge >= 0.3 is 0 Å². The molecular weight excluding hydrogens is 344 g/mol. The highest BCUT2D eigenvalue weighted by Gasteiger charge is 2.17. The SMILES string of the molecule is CN(CCCNC(=O)Cc1csc(-c2cccnc2)n1)C1CCCCC1. The molecular formula is C20H28N4OS. The van der Waals surface area contributed by atoms with E-state index in [1.54, 1.807) is 23.7 Å². The van der Waals surface area contributed by atoms with Gasteiger partial charge in [-0.25, -0.2) is 4.98 Å². The molecule has 2 aromatic heterocycles. The molecule has 3 rings (SSSR count). The summed E-state index contributed by atoms with van der Waals surface area (Å²) in [5, 5.41) is 5.89. The molecule has 0 saturated heterocycles. The third-order valence-corrected chi connectivity index (χ3v) is 5.95. The van der Waals surface area contributed by atoms with E-state index < -0.39 is 0 Å². The Morgan fingerprint density at radius 3 is 2.96 bits per heavy atom. The van der Waals surface area contributed by atoms with Crippen molar-refractivity contribution in [2.24, 2.45) is 0 Å². The molecule has 1 aliphatic carbocycles. The van der Waals surface area contributed by atoms with E-state index in [4.69, 9.17) is 0 Å². The van der Waals surface area contributed by atoms with Crippen molar-refractivity contribution in [3.8, 4) is 10.6 Å². The first-order valence-electron chi connectivity index (χ1n) is 9.54. The summed E-state index contributed by atoms with van der Waals surface area (Å²) >= 11 is 1.55. The molecule has 140 valence electrons. The molecule has 6 heteroatoms. The van der Waals surface area contributed by atoms with Crippen LogP contribution < -0.4 is 5.32 Å². The average Bonchev–Trinajstić information content (AvgIpc) is 3.15. The normalized spacial score (nSPS) is 15.3. The number of pyridine rings is 1. The number of hydrogen-bond acceptors (Lipinski definition) is 5. The van der Waals surface area contributed by atoms with Crippen molar-refractivity contribution in [1.29, 1.82) is 0 Å². The zero-order valence-corrected chi connectivity index (χ0v) is 16.3. The topological polar surface area (TPSA) is 58.1 Å². The Labute approximate surface area is 159 Å². The number of carbonyl (C=O) groups excluding carboxylic acids is 1. The van der Waals surface area contributed by atoms with E-state index in [-0.39, 0.29) is 5.91 Å². The average molecular weight is 373 g/mol. The minimum Gasteiger partial charge on any atom is -0.356 e. The summed E-state index contributed by atoms with van der Waals surface area (Å²) < 4.78 is 0. The first-order valence-corrected chi connectivity index (χ1v) is 10.4. The third-order valence-electron chi connectivity index (χ3n) is 5.01. The highest BCUT2D eigenvalue weighted by Crippen LogP contribution is 2.23. The predicted octanol–water partition coefficient (Wildman–Crippen LogP) is 3.52. The van der Waals surface area contributed by atoms with E-state index in [0.29, 0.717) is 6.42 Å². The van der Waals surface area contributed by atoms with Gasteiger partial charge in [-0.1, -0.05) is 19.3 Å². The van der Waals surface area contributed by atoms with Crippen LogP contribution in [0.1, 0.15) is 44.2 Å². The standard InChI is InChI=1S/C20H28N4OS/c1-24(18-8-3-2-4-9-18)12-6-11-22-19(25)13-17-15-26-20(23-17)16-7-5-10-21-14-16/h5,7,10,14-15,18H,2-4,6,8-9,11-13H2,1H3,(H,22,25). The Bertz CT molecular complexity index is 682. The van der Waals surface area contributed by atoms with E-state index in [2.05, 4.69) is 27.2 Å². The van der Waals surface area contributed by atoms with Crippen molar-refractivity contribution >= 4 is 17.2 Å². The van der Waals surface area contributed by atoms with Crippen molar-refractivity contribution in [3.63, 3.8) is 0 Å². The Balaban J connectivity index is 1.36. The molecule has 2 heterocycles. The second-order valence-corrected chi connectivity index (χ2v) is 7.90. The van der Waals surface area contributed by atoms with Crippen LogP contribution in [0, 0.1) is 0 Å². The lowest BCUT2D eigenvalue weighted by Crippen LogP contribution is -2.36. The zero-order chi connectivity index (χ0) is 18.2. The number of rotatable bonds is 8. The van der Waals surface area contributed by atoms with Crippen molar-refractivity contribution < 1.29 is 4.79 Å². The van der Waals surface area contributed by atoms with E-state index in [1.165, 1.54) is 32.1 Å². The van der Waals surface area contributed by atoms with E-state index in [0.717, 1.165) is 41.8 Å². The lowest BCUT2D eigenvalue weighted by Gasteiger charge is -2.31. The Hall–Kier alpha value is -1.79. The molecule has 0 aliphatic heterocycles. The van der Waals surface area contributed by atoms with Gasteiger partial charge in [-0.15, -0.1) is 11.3 Å². The van der Waals surface area contributed by atoms with E-state index >= 15 is 0 Å². The summed E-state index contributed by atoms with van der Waals surface area (Å²) in [6, 6.07) is 4.62. The molecule has 0 bridgehead atoms. The molecule has 5 nitrogen and oxygen atoms in total. The molecule has 0 unspecified atom stereocenters. The number of nitrogens with zero attached hydrogens (tertiary/aromatic N) is 3. The number of carbonyl (C=O) groups is 1. The molecule has 26 heavy (non-hydrogen) atoms. The maximum atomic E-state index is 12.1. The van der Waals surface area contributed by atoms with Gasteiger partial charge in [0.1, 0.15) is 5.01 Å². The van der Waals surface area contributed by atoms with Crippen LogP contribution in [0.25, 0.3) is 10.6 Å². The summed E-state index contributed by atoms with van der Waals surface area (Å²) in [7, 11) is 2.22. The van der Waals surface area contributed by atoms with Gasteiger partial charge in [-0.3, -0.25) is 9.78 Å². The first kappa shape index (κ1) is 19.0. The second-order valence-electron chi connectivity index (χ2n) is 7.04. The molecule has 1 amide bonds. The first-order chi connectivity index (χ1) is 12.7. The van der Waals surface area contributed by atoms with Gasteiger partial charge in [-0.05, 0) is 45.0 Å². The molecule has 1 fully saturated rings. The van der Waals surface area contributed by atoms with Crippen LogP contribution in [0.5, 0.6) is 0 Å².